The lowest BCUT2D eigenvalue weighted by Gasteiger charge is -2.22. The normalized spacial score (nSPS) is 16.7. The van der Waals surface area contributed by atoms with Gasteiger partial charge in [-0.05, 0) is 53.1 Å². The quantitative estimate of drug-likeness (QED) is 0.266. The van der Waals surface area contributed by atoms with Gasteiger partial charge in [0.15, 0.2) is 0 Å². The Morgan fingerprint density at radius 2 is 1.26 bits per heavy atom. The highest BCUT2D eigenvalue weighted by molar-refractivity contribution is 6.70. The molecule has 0 N–H and O–H groups in total. The van der Waals surface area contributed by atoms with Gasteiger partial charge >= 0.3 is 0 Å². The first-order valence-electron chi connectivity index (χ1n) is 7.72. The highest BCUT2D eigenvalue weighted by Gasteiger charge is 2.39. The molecule has 0 aromatic heterocycles. The van der Waals surface area contributed by atoms with Crippen molar-refractivity contribution < 1.29 is 14.0 Å². The summed E-state index contributed by atoms with van der Waals surface area (Å²) in [6.07, 6.45) is 0.425. The molecule has 0 bridgehead atoms. The molecule has 23 heavy (non-hydrogen) atoms. The van der Waals surface area contributed by atoms with Gasteiger partial charge in [0.1, 0.15) is 0 Å². The molecule has 0 aliphatic carbocycles. The van der Waals surface area contributed by atoms with Crippen LogP contribution in [0.15, 0.2) is 10.3 Å². The van der Waals surface area contributed by atoms with Crippen LogP contribution in [0.25, 0.3) is 0 Å². The Morgan fingerprint density at radius 3 is 1.48 bits per heavy atom. The molecule has 134 valence electrons. The summed E-state index contributed by atoms with van der Waals surface area (Å²) < 4.78 is 10.9. The second kappa shape index (κ2) is 8.05. The van der Waals surface area contributed by atoms with Crippen molar-refractivity contribution >= 4 is 28.1 Å². The van der Waals surface area contributed by atoms with Gasteiger partial charge in [-0.25, -0.2) is 0 Å². The predicted molar refractivity (Wildman–Crippen MR) is 99.7 cm³/mol. The summed E-state index contributed by atoms with van der Waals surface area (Å²) in [5.41, 5.74) is 0.0586. The van der Waals surface area contributed by atoms with E-state index in [0.29, 0.717) is 11.4 Å². The average Bonchev–Trinajstić information content (AvgIpc) is 2.32. The number of rotatable bonds is 9. The fourth-order valence-corrected chi connectivity index (χ4v) is 2.65. The third-order valence-corrected chi connectivity index (χ3v) is 3.94. The molecule has 0 aliphatic rings. The topological polar surface area (TPSA) is 86.3 Å². The Hall–Kier alpha value is -1.23. The number of oxime groups is 2. The van der Waals surface area contributed by atoms with Crippen molar-refractivity contribution in [2.24, 2.45) is 10.3 Å². The molecule has 7 nitrogen and oxygen atoms in total. The van der Waals surface area contributed by atoms with Crippen LogP contribution in [0.3, 0.4) is 0 Å². The zero-order valence-corrected chi connectivity index (χ0v) is 17.9. The van der Waals surface area contributed by atoms with Gasteiger partial charge in [-0.15, -0.1) is 10.3 Å². The Bertz CT molecular complexity index is 445. The van der Waals surface area contributed by atoms with Gasteiger partial charge in [0, 0.05) is 11.8 Å². The summed E-state index contributed by atoms with van der Waals surface area (Å²) in [6, 6.07) is 0. The predicted octanol–water partition coefficient (Wildman–Crippen LogP) is 4.26. The molecule has 0 spiro atoms. The molecular weight excluding hydrogens is 330 g/mol. The van der Waals surface area contributed by atoms with Crippen LogP contribution in [0.1, 0.15) is 33.6 Å². The number of hydrogen-bond acceptors (Lipinski definition) is 6. The van der Waals surface area contributed by atoms with E-state index in [9.17, 15) is 10.1 Å². The molecule has 0 heterocycles. The van der Waals surface area contributed by atoms with Crippen LogP contribution >= 0.6 is 0 Å². The van der Waals surface area contributed by atoms with E-state index in [2.05, 4.69) is 10.3 Å². The van der Waals surface area contributed by atoms with Gasteiger partial charge in [-0.1, -0.05) is 0 Å². The fourth-order valence-electron chi connectivity index (χ4n) is 1.79. The summed E-state index contributed by atoms with van der Waals surface area (Å²) in [6.45, 7) is 17.2. The van der Waals surface area contributed by atoms with Crippen molar-refractivity contribution in [2.75, 3.05) is 0 Å². The molecule has 1 unspecified atom stereocenters. The standard InChI is InChI=1S/C14H31N3O4Si2/c1-12(15-20-22(4,5)6)10-14(3,17(18)19)11-13(2)16-21-23(7,8)9/h10-11H2,1-9H3/b15-12-,16-13+. The third-order valence-electron chi connectivity index (χ3n) is 2.66. The molecule has 9 heteroatoms. The summed E-state index contributed by atoms with van der Waals surface area (Å²) in [7, 11) is -3.57. The molecule has 0 aromatic rings. The Labute approximate surface area is 141 Å². The molecule has 0 rings (SSSR count). The number of nitro groups is 1. The van der Waals surface area contributed by atoms with Crippen molar-refractivity contribution in [2.45, 2.75) is 78.4 Å². The minimum Gasteiger partial charge on any atom is -0.456 e. The van der Waals surface area contributed by atoms with E-state index in [1.807, 2.05) is 39.3 Å². The number of hydrogen-bond donors (Lipinski definition) is 0. The molecule has 1 atom stereocenters. The van der Waals surface area contributed by atoms with Crippen molar-refractivity contribution in [1.82, 2.24) is 0 Å². The van der Waals surface area contributed by atoms with Crippen LogP contribution in [0.5, 0.6) is 0 Å². The highest BCUT2D eigenvalue weighted by Crippen LogP contribution is 2.22. The first kappa shape index (κ1) is 21.8. The second-order valence-corrected chi connectivity index (χ2v) is 17.0. The molecule has 0 saturated carbocycles. The maximum Gasteiger partial charge on any atom is 0.278 e. The van der Waals surface area contributed by atoms with E-state index in [1.165, 1.54) is 0 Å². The molecule has 0 saturated heterocycles. The minimum atomic E-state index is -1.78. The Morgan fingerprint density at radius 1 is 0.957 bits per heavy atom. The van der Waals surface area contributed by atoms with Crippen molar-refractivity contribution in [3.8, 4) is 0 Å². The highest BCUT2D eigenvalue weighted by atomic mass is 28.4. The summed E-state index contributed by atoms with van der Waals surface area (Å²) in [5.74, 6) is 0. The van der Waals surface area contributed by atoms with E-state index >= 15 is 0 Å². The maximum atomic E-state index is 11.5. The van der Waals surface area contributed by atoms with Gasteiger partial charge in [-0.3, -0.25) is 10.1 Å². The summed E-state index contributed by atoms with van der Waals surface area (Å²) in [5, 5.41) is 19.7. The van der Waals surface area contributed by atoms with Crippen molar-refractivity contribution in [3.05, 3.63) is 10.1 Å². The van der Waals surface area contributed by atoms with Gasteiger partial charge in [0.05, 0.1) is 24.3 Å². The average molecular weight is 362 g/mol. The molecule has 0 fully saturated rings. The molecule has 0 radical (unpaired) electrons. The lowest BCUT2D eigenvalue weighted by molar-refractivity contribution is -0.561. The summed E-state index contributed by atoms with van der Waals surface area (Å²) in [4.78, 5) is 11.3. The molecular formula is C14H31N3O4Si2. The van der Waals surface area contributed by atoms with Gasteiger partial charge in [0.2, 0.25) is 5.54 Å². The summed E-state index contributed by atoms with van der Waals surface area (Å²) >= 11 is 0. The lowest BCUT2D eigenvalue weighted by Crippen LogP contribution is -2.39. The largest absolute Gasteiger partial charge is 0.456 e. The fraction of sp³-hybridized carbons (Fsp3) is 0.857. The monoisotopic (exact) mass is 361 g/mol. The van der Waals surface area contributed by atoms with E-state index in [1.54, 1.807) is 20.8 Å². The minimum absolute atomic E-state index is 0.213. The first-order valence-corrected chi connectivity index (χ1v) is 14.5. The number of nitrogens with zero attached hydrogens (tertiary/aromatic N) is 3. The zero-order chi connectivity index (χ0) is 18.5. The molecule has 0 aromatic carbocycles. The van der Waals surface area contributed by atoms with Crippen LogP contribution in [0.2, 0.25) is 39.3 Å². The lowest BCUT2D eigenvalue weighted by atomic mass is 9.90. The Kier molecular flexibility index (Phi) is 7.62. The van der Waals surface area contributed by atoms with E-state index in [-0.39, 0.29) is 17.8 Å². The van der Waals surface area contributed by atoms with Crippen LogP contribution in [0, 0.1) is 10.1 Å². The van der Waals surface area contributed by atoms with Gasteiger partial charge in [-0.2, -0.15) is 0 Å². The van der Waals surface area contributed by atoms with Crippen LogP contribution in [0.4, 0.5) is 0 Å². The van der Waals surface area contributed by atoms with Crippen LogP contribution < -0.4 is 0 Å². The van der Waals surface area contributed by atoms with Crippen molar-refractivity contribution in [3.63, 3.8) is 0 Å². The Balaban J connectivity index is 5.04. The molecule has 0 amide bonds. The molecule has 0 aliphatic heterocycles. The smallest absolute Gasteiger partial charge is 0.278 e. The van der Waals surface area contributed by atoms with Gasteiger partial charge in [0.25, 0.3) is 16.6 Å². The van der Waals surface area contributed by atoms with E-state index < -0.39 is 22.2 Å². The first-order chi connectivity index (χ1) is 10.1. The zero-order valence-electron chi connectivity index (χ0n) is 15.9. The maximum absolute atomic E-state index is 11.5. The second-order valence-electron chi connectivity index (χ2n) is 8.17. The van der Waals surface area contributed by atoms with Crippen molar-refractivity contribution in [1.29, 1.82) is 0 Å². The SMILES string of the molecule is C/C(CC(C)(C/C(C)=N/O[Si](C)(C)C)[N+](=O)[O-])=N/O[Si](C)(C)C. The van der Waals surface area contributed by atoms with Gasteiger partial charge < -0.3 is 9.05 Å². The van der Waals surface area contributed by atoms with E-state index in [4.69, 9.17) is 9.05 Å². The van der Waals surface area contributed by atoms with E-state index in [0.717, 1.165) is 0 Å². The van der Waals surface area contributed by atoms with Crippen LogP contribution in [-0.2, 0) is 9.05 Å². The third kappa shape index (κ3) is 10.2. The van der Waals surface area contributed by atoms with Crippen LogP contribution in [-0.4, -0.2) is 38.5 Å².